The molecule has 12 aromatic rings. The number of ether oxygens (including phenoxy) is 21. The summed E-state index contributed by atoms with van der Waals surface area (Å²) in [5.41, 5.74) is 0. The van der Waals surface area contributed by atoms with E-state index in [9.17, 15) is 10.2 Å². The molecule has 7 aliphatic rings. The number of halogens is 1. The topological polar surface area (TPSA) is 257 Å². The summed E-state index contributed by atoms with van der Waals surface area (Å²) in [4.78, 5) is 0. The second kappa shape index (κ2) is 38.4. The van der Waals surface area contributed by atoms with Crippen LogP contribution in [0.2, 0.25) is 0 Å². The van der Waals surface area contributed by atoms with Crippen LogP contribution < -0.4 is 56.8 Å². The van der Waals surface area contributed by atoms with Crippen LogP contribution in [0.1, 0.15) is 0 Å². The molecule has 7 fully saturated rings. The standard InChI is InChI=1S/C48H48O12.C42H40O10.C3H5ClO/c1-2-33-14-40(53-20-41(54-26-44-27-57-44)19-49-36-8-4-31-5-9-37(16-34(31)15-36)50-21-42-24-55-42)12-13-47(33)48(3-1)60-30-46(59-29-45-28-58-45)23-52-39-11-7-32-6-10-38(17-35(32)18-39)51-22-43-25-56-43;43-32(19-45-34-8-4-27-6-10-36(17-30(27)15-34)48-23-39-25-50-39)20-47-38-12-13-41-29(14-38)2-1-3-42(41)52-22-33(44)21-46-35-9-5-28-7-11-37(18-31(28)16-35)49-24-40-26-51-40;4-1-3-2-5-3/h1-18,41-46H,19-30H2;1-18,32-33,39-40,43-44H,19-26H2;3H,1-2H2. The van der Waals surface area contributed by atoms with E-state index in [1.807, 2.05) is 206 Å². The van der Waals surface area contributed by atoms with Crippen LogP contribution in [-0.2, 0) is 42.6 Å². The number of hydrogen-bond acceptors (Lipinski definition) is 23. The van der Waals surface area contributed by atoms with Gasteiger partial charge >= 0.3 is 0 Å². The lowest BCUT2D eigenvalue weighted by Crippen LogP contribution is -2.30. The fraction of sp³-hybridized carbons (Fsp3) is 0.355. The molecule has 7 heterocycles. The normalized spacial score (nSPS) is 20.0. The number of alkyl halides is 1. The van der Waals surface area contributed by atoms with Gasteiger partial charge in [0, 0.05) is 10.8 Å². The van der Waals surface area contributed by atoms with Crippen LogP contribution in [0.3, 0.4) is 0 Å². The molecule has 610 valence electrons. The van der Waals surface area contributed by atoms with Gasteiger partial charge < -0.3 is 110 Å². The highest BCUT2D eigenvalue weighted by Gasteiger charge is 2.30. The molecule has 23 nitrogen and oxygen atoms in total. The number of hydrogen-bond donors (Lipinski definition) is 2. The molecular formula is C93H93ClO23. The quantitative estimate of drug-likeness (QED) is 0.0266. The predicted octanol–water partition coefficient (Wildman–Crippen LogP) is 14.1. The van der Waals surface area contributed by atoms with Crippen LogP contribution in [0, 0.1) is 0 Å². The summed E-state index contributed by atoms with van der Waals surface area (Å²) in [6.07, 6.45) is -0.924. The first-order valence-electron chi connectivity index (χ1n) is 39.8. The summed E-state index contributed by atoms with van der Waals surface area (Å²) in [7, 11) is 0. The second-order valence-electron chi connectivity index (χ2n) is 29.8. The molecule has 0 spiro atoms. The minimum atomic E-state index is -0.848. The van der Waals surface area contributed by atoms with Crippen LogP contribution in [0.15, 0.2) is 218 Å². The first kappa shape index (κ1) is 79.1. The molecule has 12 aromatic carbocycles. The summed E-state index contributed by atoms with van der Waals surface area (Å²) < 4.78 is 121. The molecule has 0 aromatic heterocycles. The van der Waals surface area contributed by atoms with Crippen LogP contribution in [0.25, 0.3) is 64.6 Å². The number of epoxide rings is 7. The van der Waals surface area contributed by atoms with E-state index in [4.69, 9.17) is 111 Å². The zero-order valence-electron chi connectivity index (χ0n) is 64.5. The Morgan fingerprint density at radius 3 is 0.752 bits per heavy atom. The van der Waals surface area contributed by atoms with Gasteiger partial charge in [0.05, 0.1) is 71.4 Å². The predicted molar refractivity (Wildman–Crippen MR) is 440 cm³/mol. The minimum absolute atomic E-state index is 0.0559. The van der Waals surface area contributed by atoms with Gasteiger partial charge in [-0.15, -0.1) is 11.6 Å². The average molecular weight is 1610 g/mol. The van der Waals surface area contributed by atoms with Gasteiger partial charge in [-0.3, -0.25) is 0 Å². The zero-order chi connectivity index (χ0) is 79.1. The molecular weight excluding hydrogens is 1520 g/mol. The Hall–Kier alpha value is -10.4. The van der Waals surface area contributed by atoms with Gasteiger partial charge in [0.1, 0.15) is 209 Å². The third-order valence-corrected chi connectivity index (χ3v) is 20.4. The smallest absolute Gasteiger partial charge is 0.127 e. The summed E-state index contributed by atoms with van der Waals surface area (Å²) in [5, 5.41) is 33.4. The lowest BCUT2D eigenvalue weighted by molar-refractivity contribution is -0.0131. The molecule has 7 aliphatic heterocycles. The maximum Gasteiger partial charge on any atom is 0.127 e. The minimum Gasteiger partial charge on any atom is -0.491 e. The first-order valence-corrected chi connectivity index (χ1v) is 40.3. The van der Waals surface area contributed by atoms with Crippen molar-refractivity contribution < 1.29 is 110 Å². The van der Waals surface area contributed by atoms with Crippen LogP contribution in [-0.4, -0.2) is 222 Å². The van der Waals surface area contributed by atoms with E-state index in [2.05, 4.69) is 12.1 Å². The molecule has 117 heavy (non-hydrogen) atoms. The van der Waals surface area contributed by atoms with E-state index in [1.54, 1.807) is 0 Å². The molecule has 2 N–H and O–H groups in total. The van der Waals surface area contributed by atoms with Crippen molar-refractivity contribution in [3.05, 3.63) is 218 Å². The van der Waals surface area contributed by atoms with Gasteiger partial charge in [0.2, 0.25) is 0 Å². The van der Waals surface area contributed by atoms with E-state index in [1.165, 1.54) is 0 Å². The van der Waals surface area contributed by atoms with Crippen LogP contribution >= 0.6 is 11.6 Å². The average Bonchev–Trinajstić information content (AvgIpc) is 1.24. The lowest BCUT2D eigenvalue weighted by Gasteiger charge is -2.20. The lowest BCUT2D eigenvalue weighted by atomic mass is 10.1. The summed E-state index contributed by atoms with van der Waals surface area (Å²) in [6, 6.07) is 71.0. The summed E-state index contributed by atoms with van der Waals surface area (Å²) in [6.45, 7) is 9.97. The maximum absolute atomic E-state index is 10.7. The van der Waals surface area contributed by atoms with Crippen LogP contribution in [0.4, 0.5) is 0 Å². The molecule has 0 radical (unpaired) electrons. The largest absolute Gasteiger partial charge is 0.491 e. The van der Waals surface area contributed by atoms with Crippen molar-refractivity contribution in [1.29, 1.82) is 0 Å². The van der Waals surface area contributed by atoms with Gasteiger partial charge in [-0.05, 0) is 199 Å². The fourth-order valence-electron chi connectivity index (χ4n) is 12.7. The Morgan fingerprint density at radius 2 is 0.479 bits per heavy atom. The highest BCUT2D eigenvalue weighted by molar-refractivity contribution is 6.18. The first-order chi connectivity index (χ1) is 57.5. The van der Waals surface area contributed by atoms with Gasteiger partial charge in [-0.1, -0.05) is 72.8 Å². The van der Waals surface area contributed by atoms with E-state index >= 15 is 0 Å². The Bertz CT molecular complexity index is 5290. The molecule has 11 atom stereocenters. The zero-order valence-corrected chi connectivity index (χ0v) is 65.3. The third kappa shape index (κ3) is 24.2. The van der Waals surface area contributed by atoms with Crippen molar-refractivity contribution in [2.24, 2.45) is 0 Å². The molecule has 0 bridgehead atoms. The van der Waals surface area contributed by atoms with Crippen molar-refractivity contribution in [2.75, 3.05) is 145 Å². The second-order valence-corrected chi connectivity index (χ2v) is 30.1. The SMILES string of the molecule is ClCC1CO1.OC(COc1ccc2ccc(OCC3CO3)cc2c1)COc1ccc2c(OCC(O)COc3ccc4ccc(OCC5CO5)cc4c3)cccc2c1.c1cc(OCC(COc2ccc3ccc(OCC4CO4)cc3c2)OCC2CO2)c2ccc(OCC(COc3ccc4ccc(OCC5CO5)cc4c3)OCC3CO3)cc2c1. The van der Waals surface area contributed by atoms with Gasteiger partial charge in [0.15, 0.2) is 0 Å². The molecule has 0 amide bonds. The number of rotatable bonds is 43. The van der Waals surface area contributed by atoms with Crippen molar-refractivity contribution in [2.45, 2.75) is 67.1 Å². The maximum atomic E-state index is 10.7. The van der Waals surface area contributed by atoms with Gasteiger partial charge in [0.25, 0.3) is 0 Å². The van der Waals surface area contributed by atoms with Crippen molar-refractivity contribution in [3.8, 4) is 69.0 Å². The van der Waals surface area contributed by atoms with Gasteiger partial charge in [-0.2, -0.15) is 0 Å². The Morgan fingerprint density at radius 1 is 0.248 bits per heavy atom. The van der Waals surface area contributed by atoms with Crippen molar-refractivity contribution in [1.82, 2.24) is 0 Å². The van der Waals surface area contributed by atoms with Crippen LogP contribution in [0.5, 0.6) is 69.0 Å². The molecule has 0 aliphatic carbocycles. The fourth-order valence-corrected chi connectivity index (χ4v) is 12.9. The van der Waals surface area contributed by atoms with E-state index < -0.39 is 12.2 Å². The number of aliphatic hydroxyl groups excluding tert-OH is 2. The number of benzene rings is 12. The van der Waals surface area contributed by atoms with Gasteiger partial charge in [-0.25, -0.2) is 0 Å². The number of aliphatic hydroxyl groups is 2. The third-order valence-electron chi connectivity index (χ3n) is 20.0. The molecule has 0 saturated carbocycles. The number of fused-ring (bicyclic) bond motifs is 6. The Balaban J connectivity index is 0.000000160. The Kier molecular flexibility index (Phi) is 26.0. The Labute approximate surface area is 681 Å². The monoisotopic (exact) mass is 1610 g/mol. The van der Waals surface area contributed by atoms with E-state index in [-0.39, 0.29) is 75.3 Å². The van der Waals surface area contributed by atoms with Crippen molar-refractivity contribution in [3.63, 3.8) is 0 Å². The molecule has 24 heteroatoms. The van der Waals surface area contributed by atoms with E-state index in [0.29, 0.717) is 114 Å². The molecule has 7 saturated heterocycles. The highest BCUT2D eigenvalue weighted by atomic mass is 35.5. The summed E-state index contributed by atoms with van der Waals surface area (Å²) >= 11 is 5.27. The van der Waals surface area contributed by atoms with Crippen molar-refractivity contribution >= 4 is 76.2 Å². The molecule has 11 unspecified atom stereocenters. The highest BCUT2D eigenvalue weighted by Crippen LogP contribution is 2.35. The summed E-state index contributed by atoms with van der Waals surface area (Å²) in [5.74, 6) is 9.35. The molecule has 19 rings (SSSR count). The van der Waals surface area contributed by atoms with E-state index in [0.717, 1.165) is 144 Å².